The van der Waals surface area contributed by atoms with E-state index in [0.29, 0.717) is 0 Å². The second-order valence-electron chi connectivity index (χ2n) is 4.22. The van der Waals surface area contributed by atoms with Gasteiger partial charge in [0.25, 0.3) is 0 Å². The average molecular weight is 242 g/mol. The largest absolute Gasteiger partial charge is 0.351 e. The third-order valence-electron chi connectivity index (χ3n) is 2.48. The first kappa shape index (κ1) is 13.6. The van der Waals surface area contributed by atoms with Gasteiger partial charge in [0.2, 0.25) is 5.91 Å². The zero-order valence-electron chi connectivity index (χ0n) is 9.84. The molecule has 0 saturated heterocycles. The highest BCUT2D eigenvalue weighted by Crippen LogP contribution is 2.09. The van der Waals surface area contributed by atoms with Crippen LogP contribution in [0, 0.1) is 17.6 Å². The number of carbonyl (C=O) groups excluding carboxylic acids is 1. The van der Waals surface area contributed by atoms with Gasteiger partial charge in [0.05, 0.1) is 6.04 Å². The molecule has 1 atom stereocenters. The third kappa shape index (κ3) is 3.78. The summed E-state index contributed by atoms with van der Waals surface area (Å²) >= 11 is 0. The Morgan fingerprint density at radius 2 is 2.06 bits per heavy atom. The summed E-state index contributed by atoms with van der Waals surface area (Å²) in [5, 5.41) is 2.48. The first-order chi connectivity index (χ1) is 7.91. The molecular formula is C12H16F2N2O. The first-order valence-corrected chi connectivity index (χ1v) is 5.39. The predicted octanol–water partition coefficient (Wildman–Crippen LogP) is 1.56. The molecule has 3 N–H and O–H groups in total. The van der Waals surface area contributed by atoms with E-state index in [4.69, 9.17) is 5.73 Å². The van der Waals surface area contributed by atoms with Gasteiger partial charge in [-0.2, -0.15) is 0 Å². The van der Waals surface area contributed by atoms with E-state index in [1.54, 1.807) is 0 Å². The summed E-state index contributed by atoms with van der Waals surface area (Å²) in [7, 11) is 0. The molecule has 0 fully saturated rings. The molecule has 0 aliphatic heterocycles. The molecule has 3 nitrogen and oxygen atoms in total. The number of carbonyl (C=O) groups is 1. The fourth-order valence-electron chi connectivity index (χ4n) is 1.28. The van der Waals surface area contributed by atoms with E-state index in [0.717, 1.165) is 18.2 Å². The standard InChI is InChI=1S/C12H16F2N2O/c1-7(2)11(15)12(17)16-6-8-5-9(13)3-4-10(8)14/h3-5,7,11H,6,15H2,1-2H3,(H,16,17)/t11-/m1/s1. The fourth-order valence-corrected chi connectivity index (χ4v) is 1.28. The van der Waals surface area contributed by atoms with Gasteiger partial charge in [0, 0.05) is 12.1 Å². The summed E-state index contributed by atoms with van der Waals surface area (Å²) in [6.07, 6.45) is 0. The smallest absolute Gasteiger partial charge is 0.237 e. The lowest BCUT2D eigenvalue weighted by Gasteiger charge is -2.15. The summed E-state index contributed by atoms with van der Waals surface area (Å²) in [6, 6.07) is 2.46. The van der Waals surface area contributed by atoms with Gasteiger partial charge in [-0.05, 0) is 24.1 Å². The van der Waals surface area contributed by atoms with Crippen molar-refractivity contribution in [2.24, 2.45) is 11.7 Å². The molecule has 94 valence electrons. The summed E-state index contributed by atoms with van der Waals surface area (Å²) in [5.41, 5.74) is 5.72. The zero-order valence-corrected chi connectivity index (χ0v) is 9.84. The molecule has 0 unspecified atom stereocenters. The molecule has 0 aromatic heterocycles. The molecule has 0 aliphatic carbocycles. The van der Waals surface area contributed by atoms with Crippen molar-refractivity contribution in [2.75, 3.05) is 0 Å². The van der Waals surface area contributed by atoms with E-state index >= 15 is 0 Å². The van der Waals surface area contributed by atoms with Crippen molar-refractivity contribution in [1.29, 1.82) is 0 Å². The second-order valence-corrected chi connectivity index (χ2v) is 4.22. The lowest BCUT2D eigenvalue weighted by atomic mass is 10.0. The summed E-state index contributed by atoms with van der Waals surface area (Å²) in [5.74, 6) is -1.47. The summed E-state index contributed by atoms with van der Waals surface area (Å²) < 4.78 is 26.1. The van der Waals surface area contributed by atoms with E-state index in [2.05, 4.69) is 5.32 Å². The highest BCUT2D eigenvalue weighted by atomic mass is 19.1. The molecule has 0 radical (unpaired) electrons. The molecule has 0 heterocycles. The number of amides is 1. The highest BCUT2D eigenvalue weighted by molar-refractivity contribution is 5.81. The summed E-state index contributed by atoms with van der Waals surface area (Å²) in [4.78, 5) is 11.5. The Bertz CT molecular complexity index is 407. The number of benzene rings is 1. The van der Waals surface area contributed by atoms with Gasteiger partial charge in [0.15, 0.2) is 0 Å². The number of nitrogens with two attached hydrogens (primary N) is 1. The van der Waals surface area contributed by atoms with Crippen molar-refractivity contribution in [2.45, 2.75) is 26.4 Å². The third-order valence-corrected chi connectivity index (χ3v) is 2.48. The Morgan fingerprint density at radius 1 is 1.41 bits per heavy atom. The molecule has 5 heteroatoms. The number of hydrogen-bond donors (Lipinski definition) is 2. The van der Waals surface area contributed by atoms with Crippen molar-refractivity contribution in [3.8, 4) is 0 Å². The lowest BCUT2D eigenvalue weighted by molar-refractivity contribution is -0.123. The maximum absolute atomic E-state index is 13.2. The van der Waals surface area contributed by atoms with Crippen LogP contribution in [0.2, 0.25) is 0 Å². The van der Waals surface area contributed by atoms with Crippen LogP contribution in [0.3, 0.4) is 0 Å². The molecule has 17 heavy (non-hydrogen) atoms. The minimum absolute atomic E-state index is 0.00708. The molecule has 1 rings (SSSR count). The number of rotatable bonds is 4. The predicted molar refractivity (Wildman–Crippen MR) is 61.0 cm³/mol. The van der Waals surface area contributed by atoms with Crippen LogP contribution in [0.5, 0.6) is 0 Å². The molecule has 1 aromatic rings. The lowest BCUT2D eigenvalue weighted by Crippen LogP contribution is -2.43. The second kappa shape index (κ2) is 5.72. The Balaban J connectivity index is 2.61. The van der Waals surface area contributed by atoms with Crippen molar-refractivity contribution in [3.63, 3.8) is 0 Å². The van der Waals surface area contributed by atoms with Crippen LogP contribution in [0.4, 0.5) is 8.78 Å². The SMILES string of the molecule is CC(C)[C@@H](N)C(=O)NCc1cc(F)ccc1F. The zero-order chi connectivity index (χ0) is 13.0. The minimum Gasteiger partial charge on any atom is -0.351 e. The Hall–Kier alpha value is -1.49. The number of halogens is 2. The first-order valence-electron chi connectivity index (χ1n) is 5.39. The molecule has 0 spiro atoms. The summed E-state index contributed by atoms with van der Waals surface area (Å²) in [6.45, 7) is 3.56. The quantitative estimate of drug-likeness (QED) is 0.842. The minimum atomic E-state index is -0.647. The van der Waals surface area contributed by atoms with Gasteiger partial charge in [0.1, 0.15) is 11.6 Å². The van der Waals surface area contributed by atoms with Crippen LogP contribution in [0.1, 0.15) is 19.4 Å². The van der Waals surface area contributed by atoms with Crippen LogP contribution in [-0.4, -0.2) is 11.9 Å². The van der Waals surface area contributed by atoms with Crippen LogP contribution in [0.15, 0.2) is 18.2 Å². The van der Waals surface area contributed by atoms with Crippen molar-refractivity contribution >= 4 is 5.91 Å². The van der Waals surface area contributed by atoms with E-state index in [1.807, 2.05) is 13.8 Å². The Kier molecular flexibility index (Phi) is 4.57. The van der Waals surface area contributed by atoms with Gasteiger partial charge < -0.3 is 11.1 Å². The van der Waals surface area contributed by atoms with Gasteiger partial charge in [-0.3, -0.25) is 4.79 Å². The molecule has 0 aliphatic rings. The van der Waals surface area contributed by atoms with Crippen LogP contribution in [0.25, 0.3) is 0 Å². The van der Waals surface area contributed by atoms with E-state index in [9.17, 15) is 13.6 Å². The average Bonchev–Trinajstić information content (AvgIpc) is 2.28. The molecular weight excluding hydrogens is 226 g/mol. The van der Waals surface area contributed by atoms with E-state index < -0.39 is 17.7 Å². The van der Waals surface area contributed by atoms with E-state index in [-0.39, 0.29) is 23.9 Å². The van der Waals surface area contributed by atoms with Crippen LogP contribution in [-0.2, 0) is 11.3 Å². The van der Waals surface area contributed by atoms with Crippen molar-refractivity contribution in [3.05, 3.63) is 35.4 Å². The monoisotopic (exact) mass is 242 g/mol. The topological polar surface area (TPSA) is 55.1 Å². The van der Waals surface area contributed by atoms with Crippen LogP contribution < -0.4 is 11.1 Å². The normalized spacial score (nSPS) is 12.6. The molecule has 0 saturated carbocycles. The molecule has 0 bridgehead atoms. The van der Waals surface area contributed by atoms with Gasteiger partial charge in [-0.1, -0.05) is 13.8 Å². The van der Waals surface area contributed by atoms with Gasteiger partial charge >= 0.3 is 0 Å². The maximum atomic E-state index is 13.2. The Labute approximate surface area is 99.0 Å². The highest BCUT2D eigenvalue weighted by Gasteiger charge is 2.17. The van der Waals surface area contributed by atoms with Crippen molar-refractivity contribution < 1.29 is 13.6 Å². The maximum Gasteiger partial charge on any atom is 0.237 e. The van der Waals surface area contributed by atoms with Gasteiger partial charge in [-0.25, -0.2) is 8.78 Å². The molecule has 1 aromatic carbocycles. The molecule has 1 amide bonds. The fraction of sp³-hybridized carbons (Fsp3) is 0.417. The number of hydrogen-bond acceptors (Lipinski definition) is 2. The van der Waals surface area contributed by atoms with E-state index in [1.165, 1.54) is 0 Å². The Morgan fingerprint density at radius 3 is 2.65 bits per heavy atom. The van der Waals surface area contributed by atoms with Crippen LogP contribution >= 0.6 is 0 Å². The van der Waals surface area contributed by atoms with Gasteiger partial charge in [-0.15, -0.1) is 0 Å². The van der Waals surface area contributed by atoms with Crippen molar-refractivity contribution in [1.82, 2.24) is 5.32 Å². The number of nitrogens with one attached hydrogen (secondary N) is 1.